The maximum atomic E-state index is 13.3. The standard InChI is InChI=1S/C23H23N3O4/c1-4-25-22(27)18-12-15-14-7-5-6-8-17(14)24-20(15)21(26(18)23(25)28)16-11-13(29-2)9-10-19(16)30-3/h5-11,18,21,24H,4,12H2,1-3H3/t18-,21+/m0/s1. The number of hydrogen-bond donors (Lipinski definition) is 1. The van der Waals surface area contributed by atoms with E-state index >= 15 is 0 Å². The van der Waals surface area contributed by atoms with Gasteiger partial charge in [0.1, 0.15) is 23.6 Å². The minimum absolute atomic E-state index is 0.148. The highest BCUT2D eigenvalue weighted by molar-refractivity contribution is 6.05. The molecule has 2 atom stereocenters. The third kappa shape index (κ3) is 2.44. The fraction of sp³-hybridized carbons (Fsp3) is 0.304. The zero-order chi connectivity index (χ0) is 21.0. The summed E-state index contributed by atoms with van der Waals surface area (Å²) in [5.41, 5.74) is 3.76. The number of urea groups is 1. The van der Waals surface area contributed by atoms with Gasteiger partial charge in [-0.15, -0.1) is 0 Å². The number of imide groups is 1. The van der Waals surface area contributed by atoms with Gasteiger partial charge >= 0.3 is 6.03 Å². The van der Waals surface area contributed by atoms with E-state index in [2.05, 4.69) is 11.1 Å². The van der Waals surface area contributed by atoms with Crippen LogP contribution in [0.1, 0.15) is 29.8 Å². The second-order valence-corrected chi connectivity index (χ2v) is 7.57. The van der Waals surface area contributed by atoms with Crippen LogP contribution in [0.3, 0.4) is 0 Å². The van der Waals surface area contributed by atoms with Gasteiger partial charge in [-0.25, -0.2) is 4.79 Å². The number of carbonyl (C=O) groups excluding carboxylic acids is 2. The zero-order valence-corrected chi connectivity index (χ0v) is 17.1. The topological polar surface area (TPSA) is 74.9 Å². The molecule has 3 heterocycles. The molecule has 5 rings (SSSR count). The van der Waals surface area contributed by atoms with Crippen molar-refractivity contribution < 1.29 is 19.1 Å². The molecule has 2 aromatic carbocycles. The van der Waals surface area contributed by atoms with Crippen LogP contribution in [0.4, 0.5) is 4.79 Å². The van der Waals surface area contributed by atoms with E-state index in [0.29, 0.717) is 24.5 Å². The summed E-state index contributed by atoms with van der Waals surface area (Å²) in [6.07, 6.45) is 0.489. The number of para-hydroxylation sites is 1. The maximum absolute atomic E-state index is 13.3. The van der Waals surface area contributed by atoms with Crippen LogP contribution >= 0.6 is 0 Å². The van der Waals surface area contributed by atoms with Crippen molar-refractivity contribution >= 4 is 22.8 Å². The Kier molecular flexibility index (Phi) is 4.20. The SMILES string of the molecule is CCN1C(=O)[C@@H]2Cc3c([nH]c4ccccc34)[C@@H](c3cc(OC)ccc3OC)N2C1=O. The highest BCUT2D eigenvalue weighted by Crippen LogP contribution is 2.46. The molecule has 0 unspecified atom stereocenters. The summed E-state index contributed by atoms with van der Waals surface area (Å²) in [7, 11) is 3.21. The molecule has 7 heteroatoms. The number of likely N-dealkylation sites (N-methyl/N-ethyl adjacent to an activating group) is 1. The molecular weight excluding hydrogens is 382 g/mol. The molecule has 3 amide bonds. The second kappa shape index (κ2) is 6.79. The molecule has 2 aliphatic rings. The Morgan fingerprint density at radius 1 is 1.10 bits per heavy atom. The molecule has 3 aromatic rings. The van der Waals surface area contributed by atoms with E-state index in [1.165, 1.54) is 4.90 Å². The number of nitrogens with one attached hydrogen (secondary N) is 1. The molecule has 1 N–H and O–H groups in total. The van der Waals surface area contributed by atoms with Crippen molar-refractivity contribution in [3.8, 4) is 11.5 Å². The summed E-state index contributed by atoms with van der Waals surface area (Å²) in [5.74, 6) is 1.16. The first-order valence-electron chi connectivity index (χ1n) is 10.0. The normalized spacial score (nSPS) is 20.5. The Bertz CT molecular complexity index is 1170. The van der Waals surface area contributed by atoms with E-state index in [9.17, 15) is 9.59 Å². The first-order chi connectivity index (χ1) is 14.6. The quantitative estimate of drug-likeness (QED) is 0.675. The number of carbonyl (C=O) groups is 2. The molecule has 0 saturated carbocycles. The molecular formula is C23H23N3O4. The van der Waals surface area contributed by atoms with Gasteiger partial charge in [-0.2, -0.15) is 0 Å². The molecule has 30 heavy (non-hydrogen) atoms. The third-order valence-electron chi connectivity index (χ3n) is 6.18. The van der Waals surface area contributed by atoms with E-state index in [-0.39, 0.29) is 11.9 Å². The van der Waals surface area contributed by atoms with Crippen LogP contribution in [0.5, 0.6) is 11.5 Å². The maximum Gasteiger partial charge on any atom is 0.328 e. The van der Waals surface area contributed by atoms with Crippen molar-refractivity contribution in [1.82, 2.24) is 14.8 Å². The molecule has 2 aliphatic heterocycles. The van der Waals surface area contributed by atoms with Gasteiger partial charge in [0.05, 0.1) is 14.2 Å². The lowest BCUT2D eigenvalue weighted by atomic mass is 9.88. The fourth-order valence-corrected chi connectivity index (χ4v) is 4.80. The van der Waals surface area contributed by atoms with Crippen molar-refractivity contribution in [2.75, 3.05) is 20.8 Å². The van der Waals surface area contributed by atoms with E-state index in [0.717, 1.165) is 27.7 Å². The Balaban J connectivity index is 1.79. The molecule has 0 radical (unpaired) electrons. The van der Waals surface area contributed by atoms with E-state index in [4.69, 9.17) is 9.47 Å². The van der Waals surface area contributed by atoms with Crippen molar-refractivity contribution in [2.24, 2.45) is 0 Å². The van der Waals surface area contributed by atoms with Crippen molar-refractivity contribution in [3.05, 3.63) is 59.3 Å². The van der Waals surface area contributed by atoms with Crippen molar-refractivity contribution in [3.63, 3.8) is 0 Å². The van der Waals surface area contributed by atoms with Crippen LogP contribution in [-0.2, 0) is 11.2 Å². The average molecular weight is 405 g/mol. The molecule has 1 saturated heterocycles. The predicted octanol–water partition coefficient (Wildman–Crippen LogP) is 3.48. The first kappa shape index (κ1) is 18.5. The Labute approximate surface area is 174 Å². The number of H-pyrrole nitrogens is 1. The lowest BCUT2D eigenvalue weighted by Crippen LogP contribution is -2.44. The van der Waals surface area contributed by atoms with Gasteiger partial charge in [-0.05, 0) is 36.8 Å². The van der Waals surface area contributed by atoms with Crippen molar-refractivity contribution in [2.45, 2.75) is 25.4 Å². The van der Waals surface area contributed by atoms with Crippen LogP contribution in [-0.4, -0.2) is 53.5 Å². The molecule has 0 aliphatic carbocycles. The van der Waals surface area contributed by atoms with E-state index < -0.39 is 12.1 Å². The van der Waals surface area contributed by atoms with Gasteiger partial charge in [0.2, 0.25) is 0 Å². The number of nitrogens with zero attached hydrogens (tertiary/aromatic N) is 2. The Morgan fingerprint density at radius 3 is 2.63 bits per heavy atom. The fourth-order valence-electron chi connectivity index (χ4n) is 4.80. The number of hydrogen-bond acceptors (Lipinski definition) is 4. The highest BCUT2D eigenvalue weighted by Gasteiger charge is 2.52. The molecule has 0 spiro atoms. The number of benzene rings is 2. The predicted molar refractivity (Wildman–Crippen MR) is 112 cm³/mol. The van der Waals surface area contributed by atoms with Crippen LogP contribution in [0.25, 0.3) is 10.9 Å². The number of rotatable bonds is 4. The van der Waals surface area contributed by atoms with Gasteiger partial charge < -0.3 is 14.5 Å². The minimum atomic E-state index is -0.537. The van der Waals surface area contributed by atoms with E-state index in [1.807, 2.05) is 43.3 Å². The smallest absolute Gasteiger partial charge is 0.328 e. The van der Waals surface area contributed by atoms with Crippen LogP contribution in [0.2, 0.25) is 0 Å². The summed E-state index contributed by atoms with van der Waals surface area (Å²) in [6.45, 7) is 2.17. The molecule has 1 fully saturated rings. The number of amides is 3. The number of ether oxygens (including phenoxy) is 2. The molecule has 154 valence electrons. The first-order valence-corrected chi connectivity index (χ1v) is 10.0. The Hall–Kier alpha value is -3.48. The lowest BCUT2D eigenvalue weighted by molar-refractivity contribution is -0.128. The largest absolute Gasteiger partial charge is 0.497 e. The van der Waals surface area contributed by atoms with Gasteiger partial charge in [-0.3, -0.25) is 14.6 Å². The van der Waals surface area contributed by atoms with Gasteiger partial charge in [0, 0.05) is 35.1 Å². The lowest BCUT2D eigenvalue weighted by Gasteiger charge is -2.36. The summed E-state index contributed by atoms with van der Waals surface area (Å²) < 4.78 is 11.1. The molecule has 0 bridgehead atoms. The minimum Gasteiger partial charge on any atom is -0.497 e. The monoisotopic (exact) mass is 405 g/mol. The van der Waals surface area contributed by atoms with Crippen LogP contribution < -0.4 is 9.47 Å². The van der Waals surface area contributed by atoms with Crippen LogP contribution in [0.15, 0.2) is 42.5 Å². The Morgan fingerprint density at radius 2 is 1.90 bits per heavy atom. The third-order valence-corrected chi connectivity index (χ3v) is 6.18. The molecule has 1 aromatic heterocycles. The molecule has 7 nitrogen and oxygen atoms in total. The summed E-state index contributed by atoms with van der Waals surface area (Å²) in [5, 5.41) is 1.08. The summed E-state index contributed by atoms with van der Waals surface area (Å²) in [6, 6.07) is 12.3. The number of fused-ring (bicyclic) bond motifs is 4. The highest BCUT2D eigenvalue weighted by atomic mass is 16.5. The van der Waals surface area contributed by atoms with E-state index in [1.54, 1.807) is 19.1 Å². The second-order valence-electron chi connectivity index (χ2n) is 7.57. The average Bonchev–Trinajstić information content (AvgIpc) is 3.26. The van der Waals surface area contributed by atoms with Gasteiger partial charge in [-0.1, -0.05) is 18.2 Å². The van der Waals surface area contributed by atoms with Gasteiger partial charge in [0.15, 0.2) is 0 Å². The summed E-state index contributed by atoms with van der Waals surface area (Å²) >= 11 is 0. The van der Waals surface area contributed by atoms with Crippen LogP contribution in [0, 0.1) is 0 Å². The van der Waals surface area contributed by atoms with Crippen molar-refractivity contribution in [1.29, 1.82) is 0 Å². The number of methoxy groups -OCH3 is 2. The van der Waals surface area contributed by atoms with Gasteiger partial charge in [0.25, 0.3) is 5.91 Å². The zero-order valence-electron chi connectivity index (χ0n) is 17.1. The summed E-state index contributed by atoms with van der Waals surface area (Å²) in [4.78, 5) is 32.9. The number of aromatic nitrogens is 1. The number of aromatic amines is 1.